The molecule has 2 aromatic rings. The minimum Gasteiger partial charge on any atom is -0.302 e. The molecule has 1 aliphatic heterocycles. The molecule has 0 spiro atoms. The van der Waals surface area contributed by atoms with Crippen LogP contribution in [0, 0.1) is 5.92 Å². The summed E-state index contributed by atoms with van der Waals surface area (Å²) in [7, 11) is 0. The van der Waals surface area contributed by atoms with E-state index in [9.17, 15) is 4.79 Å². The topological polar surface area (TPSA) is 23.6 Å². The minimum atomic E-state index is 0.118. The number of amides is 1. The third kappa shape index (κ3) is 5.08. The largest absolute Gasteiger partial charge is 0.302 e. The molecule has 3 rings (SSSR count). The number of likely N-dealkylation sites (tertiary alicyclic amines) is 1. The maximum absolute atomic E-state index is 12.6. The number of nitrogens with zero attached hydrogens (tertiary/aromatic N) is 2. The average Bonchev–Trinajstić information content (AvgIpc) is 2.74. The Kier molecular flexibility index (Phi) is 6.83. The minimum absolute atomic E-state index is 0.118. The van der Waals surface area contributed by atoms with Gasteiger partial charge in [-0.05, 0) is 43.5 Å². The number of para-hydroxylation sites is 1. The maximum Gasteiger partial charge on any atom is 0.230 e. The first-order valence-corrected chi connectivity index (χ1v) is 10.0. The van der Waals surface area contributed by atoms with Crippen molar-refractivity contribution in [3.05, 3.63) is 78.5 Å². The zero-order chi connectivity index (χ0) is 19.1. The Morgan fingerprint density at radius 3 is 2.44 bits per heavy atom. The molecule has 1 atom stereocenters. The van der Waals surface area contributed by atoms with E-state index in [1.807, 2.05) is 42.2 Å². The van der Waals surface area contributed by atoms with Gasteiger partial charge in [0.1, 0.15) is 0 Å². The van der Waals surface area contributed by atoms with Gasteiger partial charge in [-0.25, -0.2) is 0 Å². The lowest BCUT2D eigenvalue weighted by Crippen LogP contribution is -2.41. The van der Waals surface area contributed by atoms with Crippen molar-refractivity contribution in [3.63, 3.8) is 0 Å². The predicted octanol–water partition coefficient (Wildman–Crippen LogP) is 4.90. The van der Waals surface area contributed by atoms with Crippen molar-refractivity contribution in [3.8, 4) is 0 Å². The van der Waals surface area contributed by atoms with E-state index >= 15 is 0 Å². The van der Waals surface area contributed by atoms with Crippen LogP contribution in [0.25, 0.3) is 0 Å². The number of anilines is 1. The molecular weight excluding hydrogens is 332 g/mol. The maximum atomic E-state index is 12.6. The Hall–Kier alpha value is -2.39. The van der Waals surface area contributed by atoms with E-state index in [4.69, 9.17) is 0 Å². The van der Waals surface area contributed by atoms with Gasteiger partial charge >= 0.3 is 0 Å². The molecule has 27 heavy (non-hydrogen) atoms. The number of carbonyl (C=O) groups excluding carboxylic acids is 1. The molecule has 2 aromatic carbocycles. The summed E-state index contributed by atoms with van der Waals surface area (Å²) in [5, 5.41) is 0. The molecule has 0 unspecified atom stereocenters. The molecular formula is C24H30N2O. The van der Waals surface area contributed by atoms with Gasteiger partial charge < -0.3 is 4.90 Å². The van der Waals surface area contributed by atoms with E-state index in [1.165, 1.54) is 5.56 Å². The van der Waals surface area contributed by atoms with Crippen LogP contribution in [-0.2, 0) is 11.2 Å². The summed E-state index contributed by atoms with van der Waals surface area (Å²) < 4.78 is 0. The van der Waals surface area contributed by atoms with Gasteiger partial charge in [0, 0.05) is 36.8 Å². The van der Waals surface area contributed by atoms with Crippen LogP contribution in [0.3, 0.4) is 0 Å². The number of hydrogen-bond acceptors (Lipinski definition) is 2. The van der Waals surface area contributed by atoms with E-state index < -0.39 is 0 Å². The second kappa shape index (κ2) is 9.52. The molecule has 142 valence electrons. The molecule has 1 amide bonds. The van der Waals surface area contributed by atoms with Gasteiger partial charge in [0.25, 0.3) is 0 Å². The Bertz CT molecular complexity index is 741. The molecule has 3 heteroatoms. The highest BCUT2D eigenvalue weighted by molar-refractivity contribution is 5.96. The smallest absolute Gasteiger partial charge is 0.230 e. The van der Waals surface area contributed by atoms with Crippen LogP contribution in [0.15, 0.2) is 72.9 Å². The number of carbonyl (C=O) groups is 1. The number of benzene rings is 2. The van der Waals surface area contributed by atoms with Crippen molar-refractivity contribution in [1.82, 2.24) is 4.90 Å². The molecule has 0 aromatic heterocycles. The molecule has 1 aliphatic rings. The highest BCUT2D eigenvalue weighted by atomic mass is 16.2. The van der Waals surface area contributed by atoms with Crippen LogP contribution in [0.4, 0.5) is 5.69 Å². The van der Waals surface area contributed by atoms with Crippen LogP contribution < -0.4 is 4.90 Å². The first kappa shape index (κ1) is 19.4. The van der Waals surface area contributed by atoms with Gasteiger partial charge in [0.05, 0.1) is 0 Å². The van der Waals surface area contributed by atoms with Crippen molar-refractivity contribution in [2.75, 3.05) is 24.5 Å². The molecule has 1 heterocycles. The zero-order valence-electron chi connectivity index (χ0n) is 16.3. The Balaban J connectivity index is 1.66. The zero-order valence-corrected chi connectivity index (χ0v) is 16.3. The monoisotopic (exact) mass is 362 g/mol. The summed E-state index contributed by atoms with van der Waals surface area (Å²) in [5.41, 5.74) is 3.25. The first-order valence-electron chi connectivity index (χ1n) is 10.0. The molecule has 1 saturated heterocycles. The third-order valence-corrected chi connectivity index (χ3v) is 5.39. The molecule has 0 saturated carbocycles. The van der Waals surface area contributed by atoms with Crippen molar-refractivity contribution in [2.45, 2.75) is 32.6 Å². The van der Waals surface area contributed by atoms with E-state index in [-0.39, 0.29) is 5.91 Å². The lowest BCUT2D eigenvalue weighted by molar-refractivity contribution is -0.118. The van der Waals surface area contributed by atoms with Crippen LogP contribution >= 0.6 is 0 Å². The Morgan fingerprint density at radius 1 is 1.11 bits per heavy atom. The summed E-state index contributed by atoms with van der Waals surface area (Å²) in [4.78, 5) is 17.0. The molecule has 0 N–H and O–H groups in total. The summed E-state index contributed by atoms with van der Waals surface area (Å²) in [6.07, 6.45) is 3.80. The quantitative estimate of drug-likeness (QED) is 0.699. The van der Waals surface area contributed by atoms with E-state index in [2.05, 4.69) is 41.8 Å². The lowest BCUT2D eigenvalue weighted by Gasteiger charge is -2.37. The Labute approximate surface area is 163 Å². The SMILES string of the molecule is C=C([C@@H]1CCCN(CCc2ccccc2)C1)N(C(=O)CC)c1ccccc1. The fraction of sp³-hybridized carbons (Fsp3) is 0.375. The second-order valence-electron chi connectivity index (χ2n) is 7.28. The van der Waals surface area contributed by atoms with Crippen molar-refractivity contribution in [2.24, 2.45) is 5.92 Å². The summed E-state index contributed by atoms with van der Waals surface area (Å²) in [6.45, 7) is 9.43. The fourth-order valence-corrected chi connectivity index (χ4v) is 3.85. The summed E-state index contributed by atoms with van der Waals surface area (Å²) >= 11 is 0. The van der Waals surface area contributed by atoms with Gasteiger partial charge in [-0.2, -0.15) is 0 Å². The average molecular weight is 363 g/mol. The van der Waals surface area contributed by atoms with Gasteiger partial charge in [-0.1, -0.05) is 62.0 Å². The second-order valence-corrected chi connectivity index (χ2v) is 7.28. The standard InChI is InChI=1S/C24H30N2O/c1-3-24(27)26(23-14-8-5-9-15-23)20(2)22-13-10-17-25(19-22)18-16-21-11-6-4-7-12-21/h4-9,11-12,14-15,22H,2-3,10,13,16-19H2,1H3/t22-/m1/s1. The van der Waals surface area contributed by atoms with Crippen LogP contribution in [0.5, 0.6) is 0 Å². The van der Waals surface area contributed by atoms with Crippen LogP contribution in [0.2, 0.25) is 0 Å². The van der Waals surface area contributed by atoms with Crippen molar-refractivity contribution < 1.29 is 4.79 Å². The van der Waals surface area contributed by atoms with E-state index in [0.29, 0.717) is 12.3 Å². The summed E-state index contributed by atoms with van der Waals surface area (Å²) in [6, 6.07) is 20.6. The van der Waals surface area contributed by atoms with Crippen LogP contribution in [-0.4, -0.2) is 30.4 Å². The van der Waals surface area contributed by atoms with Crippen molar-refractivity contribution in [1.29, 1.82) is 0 Å². The number of piperidine rings is 1. The molecule has 0 aliphatic carbocycles. The highest BCUT2D eigenvalue weighted by Gasteiger charge is 2.28. The number of rotatable bonds is 7. The third-order valence-electron chi connectivity index (χ3n) is 5.39. The fourth-order valence-electron chi connectivity index (χ4n) is 3.85. The molecule has 3 nitrogen and oxygen atoms in total. The first-order chi connectivity index (χ1) is 13.2. The predicted molar refractivity (Wildman–Crippen MR) is 113 cm³/mol. The molecule has 1 fully saturated rings. The highest BCUT2D eigenvalue weighted by Crippen LogP contribution is 2.29. The van der Waals surface area contributed by atoms with Gasteiger partial charge in [-0.3, -0.25) is 9.69 Å². The van der Waals surface area contributed by atoms with Gasteiger partial charge in [-0.15, -0.1) is 0 Å². The molecule has 0 radical (unpaired) electrons. The Morgan fingerprint density at radius 2 is 1.78 bits per heavy atom. The van der Waals surface area contributed by atoms with E-state index in [0.717, 1.165) is 50.3 Å². The lowest BCUT2D eigenvalue weighted by atomic mass is 9.93. The normalized spacial score (nSPS) is 17.4. The number of hydrogen-bond donors (Lipinski definition) is 0. The summed E-state index contributed by atoms with van der Waals surface area (Å²) in [5.74, 6) is 0.442. The van der Waals surface area contributed by atoms with Gasteiger partial charge in [0.2, 0.25) is 5.91 Å². The van der Waals surface area contributed by atoms with E-state index in [1.54, 1.807) is 0 Å². The van der Waals surface area contributed by atoms with Crippen LogP contribution in [0.1, 0.15) is 31.7 Å². The van der Waals surface area contributed by atoms with Gasteiger partial charge in [0.15, 0.2) is 0 Å². The molecule has 0 bridgehead atoms. The van der Waals surface area contributed by atoms with Crippen molar-refractivity contribution >= 4 is 11.6 Å².